The Morgan fingerprint density at radius 3 is 2.62 bits per heavy atom. The van der Waals surface area contributed by atoms with Crippen molar-refractivity contribution in [1.29, 1.82) is 0 Å². The summed E-state index contributed by atoms with van der Waals surface area (Å²) in [6.45, 7) is 2.14. The molecule has 4 nitrogen and oxygen atoms in total. The smallest absolute Gasteiger partial charge is 0.216 e. The number of carbonyl (C=O) groups excluding carboxylic acids is 1. The van der Waals surface area contributed by atoms with Crippen LogP contribution in [0.2, 0.25) is 0 Å². The average Bonchev–Trinajstić information content (AvgIpc) is 2.52. The standard InChI is InChI=1S/C17H20N2O2/c1-13(20)19-12-16(10-14-4-3-9-18-11-14)15-5-7-17(21-2)8-6-15/h3-9,11,16H,10,12H2,1-2H3,(H,19,20). The Morgan fingerprint density at radius 1 is 1.29 bits per heavy atom. The van der Waals surface area contributed by atoms with Gasteiger partial charge in [-0.1, -0.05) is 18.2 Å². The maximum Gasteiger partial charge on any atom is 0.216 e. The Morgan fingerprint density at radius 2 is 2.05 bits per heavy atom. The van der Waals surface area contributed by atoms with Gasteiger partial charge in [0.2, 0.25) is 5.91 Å². The first kappa shape index (κ1) is 15.0. The highest BCUT2D eigenvalue weighted by Crippen LogP contribution is 2.22. The Hall–Kier alpha value is -2.36. The van der Waals surface area contributed by atoms with E-state index in [1.54, 1.807) is 13.3 Å². The minimum absolute atomic E-state index is 0.0142. The number of nitrogens with zero attached hydrogens (tertiary/aromatic N) is 1. The molecule has 0 saturated heterocycles. The first-order chi connectivity index (χ1) is 10.2. The van der Waals surface area contributed by atoms with E-state index >= 15 is 0 Å². The van der Waals surface area contributed by atoms with E-state index < -0.39 is 0 Å². The highest BCUT2D eigenvalue weighted by molar-refractivity contribution is 5.72. The summed E-state index contributed by atoms with van der Waals surface area (Å²) in [5.41, 5.74) is 2.33. The molecule has 1 aromatic carbocycles. The molecule has 0 aliphatic heterocycles. The molecule has 21 heavy (non-hydrogen) atoms. The Kier molecular flexibility index (Phi) is 5.32. The molecule has 110 valence electrons. The van der Waals surface area contributed by atoms with Crippen LogP contribution in [-0.2, 0) is 11.2 Å². The van der Waals surface area contributed by atoms with Crippen LogP contribution in [0.4, 0.5) is 0 Å². The van der Waals surface area contributed by atoms with E-state index in [-0.39, 0.29) is 11.8 Å². The minimum Gasteiger partial charge on any atom is -0.497 e. The SMILES string of the molecule is COc1ccc(C(CNC(C)=O)Cc2cccnc2)cc1. The zero-order valence-electron chi connectivity index (χ0n) is 12.4. The molecule has 0 bridgehead atoms. The van der Waals surface area contributed by atoms with Gasteiger partial charge in [-0.05, 0) is 35.7 Å². The molecule has 0 spiro atoms. The molecule has 1 aromatic heterocycles. The highest BCUT2D eigenvalue weighted by atomic mass is 16.5. The molecule has 0 fully saturated rings. The molecular weight excluding hydrogens is 264 g/mol. The van der Waals surface area contributed by atoms with Crippen LogP contribution in [-0.4, -0.2) is 24.5 Å². The van der Waals surface area contributed by atoms with Crippen molar-refractivity contribution in [1.82, 2.24) is 10.3 Å². The normalized spacial score (nSPS) is 11.7. The summed E-state index contributed by atoms with van der Waals surface area (Å²) in [6.07, 6.45) is 4.46. The van der Waals surface area contributed by atoms with E-state index in [9.17, 15) is 4.79 Å². The van der Waals surface area contributed by atoms with Gasteiger partial charge in [-0.25, -0.2) is 0 Å². The average molecular weight is 284 g/mol. The molecule has 2 aromatic rings. The summed E-state index contributed by atoms with van der Waals surface area (Å²) < 4.78 is 5.19. The largest absolute Gasteiger partial charge is 0.497 e. The molecule has 1 heterocycles. The van der Waals surface area contributed by atoms with Crippen LogP contribution in [0.1, 0.15) is 24.0 Å². The zero-order chi connectivity index (χ0) is 15.1. The second-order valence-electron chi connectivity index (χ2n) is 4.97. The van der Waals surface area contributed by atoms with Crippen LogP contribution >= 0.6 is 0 Å². The Labute approximate surface area is 125 Å². The van der Waals surface area contributed by atoms with Gasteiger partial charge in [-0.3, -0.25) is 9.78 Å². The predicted molar refractivity (Wildman–Crippen MR) is 82.4 cm³/mol. The van der Waals surface area contributed by atoms with Gasteiger partial charge in [0.15, 0.2) is 0 Å². The number of aromatic nitrogens is 1. The summed E-state index contributed by atoms with van der Waals surface area (Å²) in [5.74, 6) is 1.03. The van der Waals surface area contributed by atoms with Crippen molar-refractivity contribution in [3.63, 3.8) is 0 Å². The topological polar surface area (TPSA) is 51.2 Å². The maximum absolute atomic E-state index is 11.2. The minimum atomic E-state index is -0.0142. The number of hydrogen-bond acceptors (Lipinski definition) is 3. The van der Waals surface area contributed by atoms with Crippen LogP contribution < -0.4 is 10.1 Å². The number of nitrogens with one attached hydrogen (secondary N) is 1. The van der Waals surface area contributed by atoms with Crippen molar-refractivity contribution < 1.29 is 9.53 Å². The van der Waals surface area contributed by atoms with Gasteiger partial charge < -0.3 is 10.1 Å². The number of carbonyl (C=O) groups is 1. The van der Waals surface area contributed by atoms with Crippen LogP contribution in [0.25, 0.3) is 0 Å². The van der Waals surface area contributed by atoms with E-state index in [0.717, 1.165) is 17.7 Å². The third kappa shape index (κ3) is 4.60. The van der Waals surface area contributed by atoms with Crippen LogP contribution in [0.5, 0.6) is 5.75 Å². The lowest BCUT2D eigenvalue weighted by Gasteiger charge is -2.18. The fraction of sp³-hybridized carbons (Fsp3) is 0.294. The monoisotopic (exact) mass is 284 g/mol. The van der Waals surface area contributed by atoms with Crippen molar-refractivity contribution in [2.45, 2.75) is 19.3 Å². The van der Waals surface area contributed by atoms with Crippen LogP contribution in [0, 0.1) is 0 Å². The number of rotatable bonds is 6. The fourth-order valence-electron chi connectivity index (χ4n) is 2.25. The van der Waals surface area contributed by atoms with E-state index in [4.69, 9.17) is 4.74 Å². The number of hydrogen-bond donors (Lipinski definition) is 1. The van der Waals surface area contributed by atoms with Gasteiger partial charge in [0.05, 0.1) is 7.11 Å². The van der Waals surface area contributed by atoms with Gasteiger partial charge in [0, 0.05) is 31.8 Å². The number of pyridine rings is 1. The van der Waals surface area contributed by atoms with Crippen molar-refractivity contribution in [2.75, 3.05) is 13.7 Å². The van der Waals surface area contributed by atoms with Crippen molar-refractivity contribution in [2.24, 2.45) is 0 Å². The Bertz CT molecular complexity index is 567. The lowest BCUT2D eigenvalue weighted by atomic mass is 9.92. The molecule has 2 rings (SSSR count). The van der Waals surface area contributed by atoms with E-state index in [2.05, 4.69) is 16.4 Å². The first-order valence-electron chi connectivity index (χ1n) is 6.96. The molecular formula is C17H20N2O2. The van der Waals surface area contributed by atoms with Gasteiger partial charge in [0.1, 0.15) is 5.75 Å². The third-order valence-corrected chi connectivity index (χ3v) is 3.39. The lowest BCUT2D eigenvalue weighted by molar-refractivity contribution is -0.119. The molecule has 1 atom stereocenters. The van der Waals surface area contributed by atoms with E-state index in [1.807, 2.05) is 36.5 Å². The number of ether oxygens (including phenoxy) is 1. The molecule has 0 aliphatic rings. The Balaban J connectivity index is 2.15. The second kappa shape index (κ2) is 7.43. The van der Waals surface area contributed by atoms with Gasteiger partial charge in [-0.2, -0.15) is 0 Å². The predicted octanol–water partition coefficient (Wildman–Crippen LogP) is 2.55. The van der Waals surface area contributed by atoms with Crippen molar-refractivity contribution in [3.05, 3.63) is 59.9 Å². The summed E-state index contributed by atoms with van der Waals surface area (Å²) in [4.78, 5) is 15.3. The van der Waals surface area contributed by atoms with E-state index in [0.29, 0.717) is 6.54 Å². The van der Waals surface area contributed by atoms with Crippen LogP contribution in [0.15, 0.2) is 48.8 Å². The summed E-state index contributed by atoms with van der Waals surface area (Å²) in [7, 11) is 1.65. The number of benzene rings is 1. The number of methoxy groups -OCH3 is 1. The molecule has 0 aliphatic carbocycles. The third-order valence-electron chi connectivity index (χ3n) is 3.39. The number of amides is 1. The zero-order valence-corrected chi connectivity index (χ0v) is 12.4. The molecule has 0 saturated carbocycles. The summed E-state index contributed by atoms with van der Waals surface area (Å²) >= 11 is 0. The highest BCUT2D eigenvalue weighted by Gasteiger charge is 2.13. The summed E-state index contributed by atoms with van der Waals surface area (Å²) in [5, 5.41) is 2.90. The fourth-order valence-corrected chi connectivity index (χ4v) is 2.25. The molecule has 1 amide bonds. The lowest BCUT2D eigenvalue weighted by Crippen LogP contribution is -2.27. The molecule has 1 N–H and O–H groups in total. The van der Waals surface area contributed by atoms with Gasteiger partial charge in [-0.15, -0.1) is 0 Å². The molecule has 4 heteroatoms. The maximum atomic E-state index is 11.2. The van der Waals surface area contributed by atoms with Gasteiger partial charge >= 0.3 is 0 Å². The second-order valence-corrected chi connectivity index (χ2v) is 4.97. The quantitative estimate of drug-likeness (QED) is 0.887. The first-order valence-corrected chi connectivity index (χ1v) is 6.96. The van der Waals surface area contributed by atoms with Gasteiger partial charge in [0.25, 0.3) is 0 Å². The summed E-state index contributed by atoms with van der Waals surface area (Å²) in [6, 6.07) is 12.0. The molecule has 0 radical (unpaired) electrons. The molecule has 1 unspecified atom stereocenters. The van der Waals surface area contributed by atoms with Crippen LogP contribution in [0.3, 0.4) is 0 Å². The van der Waals surface area contributed by atoms with Crippen molar-refractivity contribution in [3.8, 4) is 5.75 Å². The van der Waals surface area contributed by atoms with Crippen molar-refractivity contribution >= 4 is 5.91 Å². The van der Waals surface area contributed by atoms with E-state index in [1.165, 1.54) is 12.5 Å².